The minimum Gasteiger partial charge on any atom is -0.467 e. The maximum atomic E-state index is 14.1. The maximum Gasteiger partial charge on any atom is 0.328 e. The molecule has 2 aromatic carbocycles. The van der Waals surface area contributed by atoms with E-state index in [1.807, 2.05) is 18.2 Å². The van der Waals surface area contributed by atoms with Gasteiger partial charge in [0.15, 0.2) is 0 Å². The third-order valence-electron chi connectivity index (χ3n) is 4.79. The smallest absolute Gasteiger partial charge is 0.328 e. The van der Waals surface area contributed by atoms with Crippen molar-refractivity contribution in [2.45, 2.75) is 31.8 Å². The van der Waals surface area contributed by atoms with Crippen molar-refractivity contribution >= 4 is 28.8 Å². The lowest BCUT2D eigenvalue weighted by molar-refractivity contribution is -0.145. The Morgan fingerprint density at radius 3 is 2.34 bits per heavy atom. The number of para-hydroxylation sites is 2. The zero-order valence-electron chi connectivity index (χ0n) is 17.7. The second-order valence-electron chi connectivity index (χ2n) is 7.19. The Hall–Kier alpha value is -3.88. The summed E-state index contributed by atoms with van der Waals surface area (Å²) in [5, 5.41) is 5.10. The van der Waals surface area contributed by atoms with E-state index in [9.17, 15) is 18.8 Å². The Morgan fingerprint density at radius 2 is 1.66 bits per heavy atom. The molecule has 8 nitrogen and oxygen atoms in total. The van der Waals surface area contributed by atoms with Crippen LogP contribution in [0.15, 0.2) is 54.7 Å². The minimum atomic E-state index is -1.08. The van der Waals surface area contributed by atoms with Gasteiger partial charge in [-0.05, 0) is 23.8 Å². The molecule has 0 aliphatic carbocycles. The summed E-state index contributed by atoms with van der Waals surface area (Å²) in [7, 11) is 1.21. The second-order valence-corrected chi connectivity index (χ2v) is 7.19. The van der Waals surface area contributed by atoms with Crippen molar-refractivity contribution in [1.29, 1.82) is 0 Å². The number of methoxy groups -OCH3 is 1. The Morgan fingerprint density at radius 1 is 0.969 bits per heavy atom. The maximum absolute atomic E-state index is 14.1. The molecular weight excluding hydrogens is 415 g/mol. The lowest BCUT2D eigenvalue weighted by atomic mass is 10.0. The number of halogens is 1. The molecule has 2 atom stereocenters. The number of nitrogens with one attached hydrogen (secondary N) is 2. The molecule has 0 bridgehead atoms. The van der Waals surface area contributed by atoms with Gasteiger partial charge in [0, 0.05) is 26.0 Å². The highest BCUT2D eigenvalue weighted by Gasteiger charge is 2.28. The molecule has 0 saturated carbocycles. The molecule has 32 heavy (non-hydrogen) atoms. The minimum absolute atomic E-state index is 0.0305. The van der Waals surface area contributed by atoms with Crippen LogP contribution in [-0.2, 0) is 32.0 Å². The van der Waals surface area contributed by atoms with E-state index in [1.165, 1.54) is 38.4 Å². The zero-order chi connectivity index (χ0) is 23.1. The number of aromatic nitrogens is 2. The molecule has 0 aliphatic rings. The van der Waals surface area contributed by atoms with E-state index in [0.717, 1.165) is 0 Å². The van der Waals surface area contributed by atoms with Crippen LogP contribution in [0.5, 0.6) is 0 Å². The molecule has 1 aromatic heterocycles. The Balaban J connectivity index is 1.79. The molecule has 0 saturated heterocycles. The van der Waals surface area contributed by atoms with E-state index in [-0.39, 0.29) is 18.4 Å². The van der Waals surface area contributed by atoms with E-state index >= 15 is 0 Å². The van der Waals surface area contributed by atoms with Crippen molar-refractivity contribution in [3.63, 3.8) is 0 Å². The topological polar surface area (TPSA) is 110 Å². The Labute approximate surface area is 184 Å². The summed E-state index contributed by atoms with van der Waals surface area (Å²) in [5.41, 5.74) is 2.09. The number of nitrogens with zero attached hydrogens (tertiary/aromatic N) is 2. The first-order valence-electron chi connectivity index (χ1n) is 9.96. The molecule has 2 N–H and O–H groups in total. The molecule has 0 unspecified atom stereocenters. The fraction of sp³-hybridized carbons (Fsp3) is 0.261. The predicted octanol–water partition coefficient (Wildman–Crippen LogP) is 1.72. The van der Waals surface area contributed by atoms with Gasteiger partial charge in [0.25, 0.3) is 0 Å². The van der Waals surface area contributed by atoms with Crippen LogP contribution < -0.4 is 10.6 Å². The van der Waals surface area contributed by atoms with Gasteiger partial charge < -0.3 is 15.4 Å². The van der Waals surface area contributed by atoms with E-state index in [4.69, 9.17) is 4.74 Å². The lowest BCUT2D eigenvalue weighted by Gasteiger charge is -2.22. The predicted molar refractivity (Wildman–Crippen MR) is 115 cm³/mol. The normalized spacial score (nSPS) is 12.6. The summed E-state index contributed by atoms with van der Waals surface area (Å²) in [6.07, 6.45) is 1.47. The van der Waals surface area contributed by atoms with Crippen LogP contribution in [0.4, 0.5) is 4.39 Å². The molecule has 1 heterocycles. The van der Waals surface area contributed by atoms with Gasteiger partial charge in [-0.2, -0.15) is 0 Å². The number of rotatable bonds is 8. The number of benzene rings is 2. The molecule has 166 valence electrons. The van der Waals surface area contributed by atoms with Crippen molar-refractivity contribution in [2.75, 3.05) is 7.11 Å². The Bertz CT molecular complexity index is 1140. The van der Waals surface area contributed by atoms with E-state index < -0.39 is 35.7 Å². The lowest BCUT2D eigenvalue weighted by Crippen LogP contribution is -2.53. The molecule has 3 rings (SSSR count). The van der Waals surface area contributed by atoms with Crippen molar-refractivity contribution in [2.24, 2.45) is 0 Å². The third-order valence-corrected chi connectivity index (χ3v) is 4.79. The molecule has 0 fully saturated rings. The van der Waals surface area contributed by atoms with Crippen molar-refractivity contribution in [3.05, 3.63) is 71.8 Å². The van der Waals surface area contributed by atoms with Crippen molar-refractivity contribution in [3.8, 4) is 0 Å². The Kier molecular flexibility index (Phi) is 7.43. The van der Waals surface area contributed by atoms with E-state index in [2.05, 4.69) is 20.6 Å². The molecule has 3 aromatic rings. The largest absolute Gasteiger partial charge is 0.467 e. The van der Waals surface area contributed by atoms with Gasteiger partial charge in [0.1, 0.15) is 17.9 Å². The molecule has 0 radical (unpaired) electrons. The highest BCUT2D eigenvalue weighted by atomic mass is 19.1. The number of carbonyl (C=O) groups excluding carboxylic acids is 3. The summed E-state index contributed by atoms with van der Waals surface area (Å²) >= 11 is 0. The number of amides is 2. The molecule has 9 heteroatoms. The van der Waals surface area contributed by atoms with Gasteiger partial charge in [-0.25, -0.2) is 14.2 Å². The quantitative estimate of drug-likeness (QED) is 0.518. The number of hydrogen-bond acceptors (Lipinski definition) is 6. The molecular formula is C23H23FN4O4. The van der Waals surface area contributed by atoms with Gasteiger partial charge >= 0.3 is 5.97 Å². The number of hydrogen-bond donors (Lipinski definition) is 2. The average molecular weight is 438 g/mol. The monoisotopic (exact) mass is 438 g/mol. The van der Waals surface area contributed by atoms with Crippen LogP contribution in [-0.4, -0.2) is 46.9 Å². The molecule has 2 amide bonds. The van der Waals surface area contributed by atoms with Gasteiger partial charge in [0.05, 0.1) is 23.8 Å². The zero-order valence-corrected chi connectivity index (χ0v) is 17.7. The van der Waals surface area contributed by atoms with Crippen LogP contribution in [0.2, 0.25) is 0 Å². The summed E-state index contributed by atoms with van der Waals surface area (Å²) < 4.78 is 18.9. The second kappa shape index (κ2) is 10.4. The van der Waals surface area contributed by atoms with Gasteiger partial charge in [-0.15, -0.1) is 0 Å². The molecule has 0 aliphatic heterocycles. The summed E-state index contributed by atoms with van der Waals surface area (Å²) in [4.78, 5) is 45.7. The van der Waals surface area contributed by atoms with Crippen molar-refractivity contribution < 1.29 is 23.5 Å². The first-order valence-corrected chi connectivity index (χ1v) is 9.96. The third kappa shape index (κ3) is 5.84. The molecule has 0 spiro atoms. The average Bonchev–Trinajstić information content (AvgIpc) is 2.78. The van der Waals surface area contributed by atoms with Gasteiger partial charge in [-0.3, -0.25) is 14.6 Å². The fourth-order valence-corrected chi connectivity index (χ4v) is 3.25. The van der Waals surface area contributed by atoms with E-state index in [0.29, 0.717) is 16.7 Å². The highest BCUT2D eigenvalue weighted by molar-refractivity contribution is 5.90. The van der Waals surface area contributed by atoms with Crippen LogP contribution >= 0.6 is 0 Å². The number of fused-ring (bicyclic) bond motifs is 1. The van der Waals surface area contributed by atoms with Crippen LogP contribution in [0.3, 0.4) is 0 Å². The summed E-state index contributed by atoms with van der Waals surface area (Å²) in [5.74, 6) is -2.28. The summed E-state index contributed by atoms with van der Waals surface area (Å²) in [6.45, 7) is 1.25. The summed E-state index contributed by atoms with van der Waals surface area (Å²) in [6, 6.07) is 11.1. The number of ether oxygens (including phenoxy) is 1. The van der Waals surface area contributed by atoms with Crippen LogP contribution in [0.25, 0.3) is 11.0 Å². The van der Waals surface area contributed by atoms with Gasteiger partial charge in [0.2, 0.25) is 11.8 Å². The number of esters is 1. The highest BCUT2D eigenvalue weighted by Crippen LogP contribution is 2.12. The van der Waals surface area contributed by atoms with Crippen LogP contribution in [0.1, 0.15) is 18.2 Å². The van der Waals surface area contributed by atoms with Crippen molar-refractivity contribution in [1.82, 2.24) is 20.6 Å². The SMILES string of the molecule is COC(=O)[C@H](Cc1cnc2ccccc2n1)NC(=O)[C@@H](Cc1ccccc1F)NC(C)=O. The standard InChI is InChI=1S/C23H23FN4O4/c1-14(29)26-20(11-15-7-3-4-8-17(15)24)22(30)28-21(23(31)32-2)12-16-13-25-18-9-5-6-10-19(18)27-16/h3-10,13,20-21H,11-12H2,1-2H3,(H,26,29)(H,28,30)/t20-,21+/m1/s1. The van der Waals surface area contributed by atoms with E-state index in [1.54, 1.807) is 12.1 Å². The first-order chi connectivity index (χ1) is 15.4. The number of carbonyl (C=O) groups is 3. The van der Waals surface area contributed by atoms with Gasteiger partial charge in [-0.1, -0.05) is 30.3 Å². The fourth-order valence-electron chi connectivity index (χ4n) is 3.25. The first kappa shape index (κ1) is 22.8. The van der Waals surface area contributed by atoms with Crippen LogP contribution in [0, 0.1) is 5.82 Å².